The summed E-state index contributed by atoms with van der Waals surface area (Å²) in [6, 6.07) is 0.737. The van der Waals surface area contributed by atoms with E-state index in [0.29, 0.717) is 18.6 Å². The van der Waals surface area contributed by atoms with Crippen molar-refractivity contribution in [2.24, 2.45) is 5.92 Å². The van der Waals surface area contributed by atoms with Crippen molar-refractivity contribution in [1.82, 2.24) is 4.90 Å². The first-order valence-electron chi connectivity index (χ1n) is 5.21. The topological polar surface area (TPSA) is 32.7 Å². The van der Waals surface area contributed by atoms with Crippen molar-refractivity contribution in [2.45, 2.75) is 31.4 Å². The van der Waals surface area contributed by atoms with Crippen molar-refractivity contribution in [3.05, 3.63) is 0 Å². The van der Waals surface area contributed by atoms with Crippen molar-refractivity contribution in [3.63, 3.8) is 0 Å². The fraction of sp³-hybridized carbons (Fsp3) is 1.00. The Morgan fingerprint density at radius 2 is 2.23 bits per heavy atom. The maximum absolute atomic E-state index is 9.00. The summed E-state index contributed by atoms with van der Waals surface area (Å²) in [5.41, 5.74) is 0. The molecule has 0 aromatic carbocycles. The molecule has 0 aromatic rings. The molecule has 0 amide bonds. The van der Waals surface area contributed by atoms with Crippen LogP contribution in [0.15, 0.2) is 0 Å². The molecule has 2 fully saturated rings. The van der Waals surface area contributed by atoms with Crippen molar-refractivity contribution in [2.75, 3.05) is 26.8 Å². The van der Waals surface area contributed by atoms with Gasteiger partial charge in [0.1, 0.15) is 0 Å². The molecule has 1 unspecified atom stereocenters. The monoisotopic (exact) mass is 185 g/mol. The molecule has 2 rings (SSSR count). The highest BCUT2D eigenvalue weighted by molar-refractivity contribution is 4.91. The molecule has 0 aromatic heterocycles. The van der Waals surface area contributed by atoms with Crippen LogP contribution in [0.5, 0.6) is 0 Å². The molecule has 3 nitrogen and oxygen atoms in total. The van der Waals surface area contributed by atoms with Crippen LogP contribution in [-0.4, -0.2) is 49.0 Å². The Balaban J connectivity index is 1.72. The SMILES string of the molecule is COC1CC(N2CCC(CO)C2)C1. The number of rotatable bonds is 3. The third-order valence-corrected chi connectivity index (χ3v) is 3.50. The maximum atomic E-state index is 9.00. The summed E-state index contributed by atoms with van der Waals surface area (Å²) in [4.78, 5) is 2.51. The zero-order valence-electron chi connectivity index (χ0n) is 8.28. The Morgan fingerprint density at radius 1 is 1.46 bits per heavy atom. The minimum absolute atomic E-state index is 0.358. The Hall–Kier alpha value is -0.120. The largest absolute Gasteiger partial charge is 0.396 e. The third kappa shape index (κ3) is 1.87. The molecule has 1 aliphatic heterocycles. The Kier molecular flexibility index (Phi) is 2.86. The second-order valence-corrected chi connectivity index (χ2v) is 4.32. The molecule has 2 aliphatic rings. The quantitative estimate of drug-likeness (QED) is 0.694. The van der Waals surface area contributed by atoms with Gasteiger partial charge in [0.25, 0.3) is 0 Å². The predicted octanol–water partition coefficient (Wildman–Crippen LogP) is 0.478. The molecule has 1 N–H and O–H groups in total. The van der Waals surface area contributed by atoms with E-state index in [4.69, 9.17) is 9.84 Å². The van der Waals surface area contributed by atoms with Gasteiger partial charge in [0.05, 0.1) is 6.10 Å². The van der Waals surface area contributed by atoms with E-state index in [0.717, 1.165) is 12.6 Å². The number of aliphatic hydroxyl groups is 1. The maximum Gasteiger partial charge on any atom is 0.0601 e. The van der Waals surface area contributed by atoms with Crippen LogP contribution in [0.1, 0.15) is 19.3 Å². The lowest BCUT2D eigenvalue weighted by Gasteiger charge is -2.40. The Morgan fingerprint density at radius 3 is 2.77 bits per heavy atom. The molecule has 0 radical (unpaired) electrons. The van der Waals surface area contributed by atoms with Gasteiger partial charge in [0, 0.05) is 26.3 Å². The van der Waals surface area contributed by atoms with E-state index in [1.165, 1.54) is 25.8 Å². The van der Waals surface area contributed by atoms with Crippen LogP contribution in [0, 0.1) is 5.92 Å². The van der Waals surface area contributed by atoms with Crippen LogP contribution in [0.25, 0.3) is 0 Å². The molecule has 1 aliphatic carbocycles. The summed E-state index contributed by atoms with van der Waals surface area (Å²) in [7, 11) is 1.79. The summed E-state index contributed by atoms with van der Waals surface area (Å²) in [6.07, 6.45) is 4.05. The smallest absolute Gasteiger partial charge is 0.0601 e. The first-order chi connectivity index (χ1) is 6.33. The van der Waals surface area contributed by atoms with E-state index in [9.17, 15) is 0 Å². The lowest BCUT2D eigenvalue weighted by molar-refractivity contribution is -0.0216. The van der Waals surface area contributed by atoms with Gasteiger partial charge >= 0.3 is 0 Å². The van der Waals surface area contributed by atoms with Gasteiger partial charge < -0.3 is 9.84 Å². The molecule has 1 atom stereocenters. The van der Waals surface area contributed by atoms with E-state index in [2.05, 4.69) is 4.90 Å². The summed E-state index contributed by atoms with van der Waals surface area (Å²) in [6.45, 7) is 2.63. The normalized spacial score (nSPS) is 40.6. The molecule has 76 valence electrons. The lowest BCUT2D eigenvalue weighted by Crippen LogP contribution is -2.46. The lowest BCUT2D eigenvalue weighted by atomic mass is 9.88. The average molecular weight is 185 g/mol. The highest BCUT2D eigenvalue weighted by atomic mass is 16.5. The van der Waals surface area contributed by atoms with Crippen molar-refractivity contribution in [1.29, 1.82) is 0 Å². The number of methoxy groups -OCH3 is 1. The molecule has 3 heteroatoms. The van der Waals surface area contributed by atoms with Gasteiger partial charge in [-0.3, -0.25) is 4.90 Å². The summed E-state index contributed by atoms with van der Waals surface area (Å²) >= 11 is 0. The molecule has 1 heterocycles. The van der Waals surface area contributed by atoms with Gasteiger partial charge in [-0.15, -0.1) is 0 Å². The van der Waals surface area contributed by atoms with E-state index < -0.39 is 0 Å². The Bertz CT molecular complexity index is 168. The molecule has 0 bridgehead atoms. The second kappa shape index (κ2) is 3.95. The zero-order valence-corrected chi connectivity index (χ0v) is 8.28. The van der Waals surface area contributed by atoms with E-state index >= 15 is 0 Å². The van der Waals surface area contributed by atoms with Gasteiger partial charge in [-0.2, -0.15) is 0 Å². The van der Waals surface area contributed by atoms with E-state index in [1.54, 1.807) is 7.11 Å². The minimum Gasteiger partial charge on any atom is -0.396 e. The highest BCUT2D eigenvalue weighted by Crippen LogP contribution is 2.31. The van der Waals surface area contributed by atoms with Crippen LogP contribution < -0.4 is 0 Å². The van der Waals surface area contributed by atoms with Crippen LogP contribution in [0.3, 0.4) is 0 Å². The van der Waals surface area contributed by atoms with Gasteiger partial charge in [-0.05, 0) is 31.7 Å². The zero-order chi connectivity index (χ0) is 9.26. The highest BCUT2D eigenvalue weighted by Gasteiger charge is 2.36. The first kappa shape index (κ1) is 9.44. The Labute approximate surface area is 79.7 Å². The summed E-state index contributed by atoms with van der Waals surface area (Å²) in [5.74, 6) is 0.529. The number of aliphatic hydroxyl groups excluding tert-OH is 1. The molecular weight excluding hydrogens is 166 g/mol. The van der Waals surface area contributed by atoms with Crippen LogP contribution in [0.2, 0.25) is 0 Å². The van der Waals surface area contributed by atoms with Gasteiger partial charge in [0.15, 0.2) is 0 Å². The number of hydrogen-bond donors (Lipinski definition) is 1. The molecule has 0 spiro atoms. The second-order valence-electron chi connectivity index (χ2n) is 4.32. The minimum atomic E-state index is 0.358. The number of likely N-dealkylation sites (tertiary alicyclic amines) is 1. The van der Waals surface area contributed by atoms with E-state index in [1.807, 2.05) is 0 Å². The van der Waals surface area contributed by atoms with Gasteiger partial charge in [0.2, 0.25) is 0 Å². The van der Waals surface area contributed by atoms with Crippen molar-refractivity contribution < 1.29 is 9.84 Å². The van der Waals surface area contributed by atoms with Crippen molar-refractivity contribution in [3.8, 4) is 0 Å². The molecule has 1 saturated heterocycles. The van der Waals surface area contributed by atoms with Crippen LogP contribution in [0.4, 0.5) is 0 Å². The third-order valence-electron chi connectivity index (χ3n) is 3.50. The molecule has 1 saturated carbocycles. The molecule has 13 heavy (non-hydrogen) atoms. The van der Waals surface area contributed by atoms with Gasteiger partial charge in [-0.1, -0.05) is 0 Å². The van der Waals surface area contributed by atoms with Gasteiger partial charge in [-0.25, -0.2) is 0 Å². The number of ether oxygens (including phenoxy) is 1. The van der Waals surface area contributed by atoms with E-state index in [-0.39, 0.29) is 0 Å². The van der Waals surface area contributed by atoms with Crippen molar-refractivity contribution >= 4 is 0 Å². The number of nitrogens with zero attached hydrogens (tertiary/aromatic N) is 1. The summed E-state index contributed by atoms with van der Waals surface area (Å²) in [5, 5.41) is 9.00. The fourth-order valence-corrected chi connectivity index (χ4v) is 2.37. The number of hydrogen-bond acceptors (Lipinski definition) is 3. The fourth-order valence-electron chi connectivity index (χ4n) is 2.37. The predicted molar refractivity (Wildman–Crippen MR) is 50.6 cm³/mol. The van der Waals surface area contributed by atoms with Crippen LogP contribution in [-0.2, 0) is 4.74 Å². The first-order valence-corrected chi connectivity index (χ1v) is 5.21. The summed E-state index contributed by atoms with van der Waals surface area (Å²) < 4.78 is 5.25. The average Bonchev–Trinajstić information content (AvgIpc) is 2.51. The van der Waals surface area contributed by atoms with Crippen LogP contribution >= 0.6 is 0 Å². The standard InChI is InChI=1S/C10H19NO2/c1-13-10-4-9(5-10)11-3-2-8(6-11)7-12/h8-10,12H,2-7H2,1H3. The molecular formula is C10H19NO2.